The molecule has 0 aliphatic rings. The average Bonchev–Trinajstić information content (AvgIpc) is 2.94. The molecular weight excluding hydrogens is 427 g/mol. The number of hydrogen-bond acceptors (Lipinski definition) is 3. The highest BCUT2D eigenvalue weighted by atomic mass is 35.5. The maximum absolute atomic E-state index is 12.0. The zero-order valence-electron chi connectivity index (χ0n) is 16.1. The van der Waals surface area contributed by atoms with Crippen molar-refractivity contribution in [2.24, 2.45) is 5.10 Å². The molecule has 2 aromatic carbocycles. The number of benzene rings is 2. The number of halogens is 2. The highest BCUT2D eigenvalue weighted by molar-refractivity contribution is 6.33. The molecule has 0 radical (unpaired) electrons. The summed E-state index contributed by atoms with van der Waals surface area (Å²) >= 11 is 12.0. The normalized spacial score (nSPS) is 10.9. The number of nitrogens with zero attached hydrogens (tertiary/aromatic N) is 2. The number of aromatic carboxylic acids is 1. The maximum atomic E-state index is 12.0. The molecule has 2 amide bonds. The van der Waals surface area contributed by atoms with E-state index in [1.54, 1.807) is 36.4 Å². The highest BCUT2D eigenvalue weighted by Gasteiger charge is 2.13. The Kier molecular flexibility index (Phi) is 6.44. The summed E-state index contributed by atoms with van der Waals surface area (Å²) in [7, 11) is 0. The van der Waals surface area contributed by atoms with E-state index in [1.807, 2.05) is 24.5 Å². The van der Waals surface area contributed by atoms with Gasteiger partial charge in [0.2, 0.25) is 0 Å². The molecule has 0 aliphatic carbocycles. The number of nitrogens with one attached hydrogen (secondary N) is 2. The van der Waals surface area contributed by atoms with E-state index in [2.05, 4.69) is 15.8 Å². The lowest BCUT2D eigenvalue weighted by molar-refractivity contribution is 0.0697. The van der Waals surface area contributed by atoms with Crippen LogP contribution in [-0.4, -0.2) is 27.9 Å². The fourth-order valence-corrected chi connectivity index (χ4v) is 3.46. The average molecular weight is 445 g/mol. The van der Waals surface area contributed by atoms with E-state index in [0.29, 0.717) is 10.7 Å². The Morgan fingerprint density at radius 2 is 1.87 bits per heavy atom. The third kappa shape index (κ3) is 4.82. The van der Waals surface area contributed by atoms with Crippen LogP contribution in [0, 0.1) is 13.8 Å². The summed E-state index contributed by atoms with van der Waals surface area (Å²) in [6.07, 6.45) is 1.53. The number of carboxylic acid groups (broad SMARTS) is 1. The molecule has 0 saturated heterocycles. The number of amides is 2. The number of anilines is 1. The minimum atomic E-state index is -1.08. The Morgan fingerprint density at radius 1 is 1.10 bits per heavy atom. The molecule has 0 spiro atoms. The van der Waals surface area contributed by atoms with Crippen LogP contribution >= 0.6 is 23.2 Å². The number of carbonyl (C=O) groups is 2. The largest absolute Gasteiger partial charge is 0.478 e. The molecule has 0 atom stereocenters. The third-order valence-electron chi connectivity index (χ3n) is 4.36. The van der Waals surface area contributed by atoms with Gasteiger partial charge in [-0.1, -0.05) is 29.3 Å². The van der Waals surface area contributed by atoms with Crippen molar-refractivity contribution in [1.82, 2.24) is 9.99 Å². The zero-order chi connectivity index (χ0) is 21.8. The van der Waals surface area contributed by atoms with Gasteiger partial charge >= 0.3 is 12.0 Å². The fraction of sp³-hybridized carbons (Fsp3) is 0.0952. The summed E-state index contributed by atoms with van der Waals surface area (Å²) in [6.45, 7) is 3.79. The molecule has 1 heterocycles. The molecular formula is C21H18Cl2N4O3. The van der Waals surface area contributed by atoms with Crippen molar-refractivity contribution in [1.29, 1.82) is 0 Å². The van der Waals surface area contributed by atoms with Gasteiger partial charge < -0.3 is 15.0 Å². The number of hydrazone groups is 1. The SMILES string of the molecule is Cc1cc(/C=N/NC(=O)Nc2cccc(Cl)c2)c(C)n1-c1ccc(C(=O)O)c(Cl)c1. The molecule has 0 saturated carbocycles. The van der Waals surface area contributed by atoms with Gasteiger partial charge in [-0.25, -0.2) is 15.0 Å². The Labute approximate surface area is 182 Å². The predicted octanol–water partition coefficient (Wildman–Crippen LogP) is 5.25. The molecule has 154 valence electrons. The van der Waals surface area contributed by atoms with Crippen LogP contribution in [0.2, 0.25) is 10.0 Å². The Morgan fingerprint density at radius 3 is 2.53 bits per heavy atom. The van der Waals surface area contributed by atoms with Crippen molar-refractivity contribution in [2.75, 3.05) is 5.32 Å². The van der Waals surface area contributed by atoms with Crippen LogP contribution in [0.15, 0.2) is 53.6 Å². The van der Waals surface area contributed by atoms with E-state index in [1.165, 1.54) is 12.3 Å². The fourth-order valence-electron chi connectivity index (χ4n) is 3.02. The smallest absolute Gasteiger partial charge is 0.339 e. The van der Waals surface area contributed by atoms with Gasteiger partial charge in [-0.05, 0) is 56.3 Å². The number of carboxylic acids is 1. The van der Waals surface area contributed by atoms with Crippen LogP contribution in [-0.2, 0) is 0 Å². The lowest BCUT2D eigenvalue weighted by Gasteiger charge is -2.11. The molecule has 3 N–H and O–H groups in total. The predicted molar refractivity (Wildman–Crippen MR) is 118 cm³/mol. The number of hydrogen-bond donors (Lipinski definition) is 3. The molecule has 0 unspecified atom stereocenters. The van der Waals surface area contributed by atoms with E-state index < -0.39 is 12.0 Å². The monoisotopic (exact) mass is 444 g/mol. The standard InChI is InChI=1S/C21H18Cl2N4O3/c1-12-8-14(11-24-26-21(30)25-16-5-3-4-15(22)9-16)13(2)27(12)17-6-7-18(20(28)29)19(23)10-17/h3-11H,1-2H3,(H,28,29)(H2,25,26,30)/b24-11+. The molecule has 0 fully saturated rings. The third-order valence-corrected chi connectivity index (χ3v) is 4.91. The highest BCUT2D eigenvalue weighted by Crippen LogP contribution is 2.25. The van der Waals surface area contributed by atoms with Crippen LogP contribution in [0.4, 0.5) is 10.5 Å². The quantitative estimate of drug-likeness (QED) is 0.370. The Hall–Kier alpha value is -3.29. The van der Waals surface area contributed by atoms with E-state index in [9.17, 15) is 9.59 Å². The summed E-state index contributed by atoms with van der Waals surface area (Å²) in [4.78, 5) is 23.1. The van der Waals surface area contributed by atoms with Crippen molar-refractivity contribution < 1.29 is 14.7 Å². The second-order valence-electron chi connectivity index (χ2n) is 6.47. The molecule has 9 heteroatoms. The minimum Gasteiger partial charge on any atom is -0.478 e. The van der Waals surface area contributed by atoms with Gasteiger partial charge in [0.15, 0.2) is 0 Å². The van der Waals surface area contributed by atoms with Crippen molar-refractivity contribution in [3.05, 3.63) is 81.1 Å². The summed E-state index contributed by atoms with van der Waals surface area (Å²) < 4.78 is 1.92. The zero-order valence-corrected chi connectivity index (χ0v) is 17.6. The van der Waals surface area contributed by atoms with Crippen LogP contribution in [0.25, 0.3) is 5.69 Å². The topological polar surface area (TPSA) is 95.7 Å². The summed E-state index contributed by atoms with van der Waals surface area (Å²) in [5.41, 5.74) is 6.26. The molecule has 3 rings (SSSR count). The van der Waals surface area contributed by atoms with Gasteiger partial charge in [0, 0.05) is 33.3 Å². The molecule has 0 bridgehead atoms. The van der Waals surface area contributed by atoms with Crippen LogP contribution in [0.1, 0.15) is 27.3 Å². The van der Waals surface area contributed by atoms with Gasteiger partial charge in [0.1, 0.15) is 0 Å². The van der Waals surface area contributed by atoms with Crippen molar-refractivity contribution in [3.63, 3.8) is 0 Å². The van der Waals surface area contributed by atoms with E-state index >= 15 is 0 Å². The van der Waals surface area contributed by atoms with Crippen LogP contribution in [0.3, 0.4) is 0 Å². The lowest BCUT2D eigenvalue weighted by atomic mass is 10.2. The van der Waals surface area contributed by atoms with Crippen LogP contribution < -0.4 is 10.7 Å². The second-order valence-corrected chi connectivity index (χ2v) is 7.31. The summed E-state index contributed by atoms with van der Waals surface area (Å²) in [6, 6.07) is 12.9. The van der Waals surface area contributed by atoms with Gasteiger partial charge in [0.05, 0.1) is 16.8 Å². The van der Waals surface area contributed by atoms with Gasteiger partial charge in [-0.2, -0.15) is 5.10 Å². The number of aryl methyl sites for hydroxylation is 1. The summed E-state index contributed by atoms with van der Waals surface area (Å²) in [5.74, 6) is -1.08. The van der Waals surface area contributed by atoms with Crippen molar-refractivity contribution in [2.45, 2.75) is 13.8 Å². The first-order chi connectivity index (χ1) is 14.3. The minimum absolute atomic E-state index is 0.0413. The van der Waals surface area contributed by atoms with Crippen molar-refractivity contribution in [3.8, 4) is 5.69 Å². The van der Waals surface area contributed by atoms with E-state index in [0.717, 1.165) is 22.6 Å². The first kappa shape index (κ1) is 21.4. The lowest BCUT2D eigenvalue weighted by Crippen LogP contribution is -2.24. The number of rotatable bonds is 5. The number of urea groups is 1. The maximum Gasteiger partial charge on any atom is 0.339 e. The molecule has 3 aromatic rings. The van der Waals surface area contributed by atoms with E-state index in [-0.39, 0.29) is 10.6 Å². The Balaban J connectivity index is 1.74. The molecule has 0 aliphatic heterocycles. The molecule has 1 aromatic heterocycles. The second kappa shape index (κ2) is 9.02. The first-order valence-electron chi connectivity index (χ1n) is 8.84. The van der Waals surface area contributed by atoms with Crippen LogP contribution in [0.5, 0.6) is 0 Å². The van der Waals surface area contributed by atoms with Gasteiger partial charge in [-0.15, -0.1) is 0 Å². The van der Waals surface area contributed by atoms with E-state index in [4.69, 9.17) is 28.3 Å². The molecule has 7 nitrogen and oxygen atoms in total. The van der Waals surface area contributed by atoms with Gasteiger partial charge in [0.25, 0.3) is 0 Å². The van der Waals surface area contributed by atoms with Gasteiger partial charge in [-0.3, -0.25) is 0 Å². The Bertz CT molecular complexity index is 1160. The molecule has 30 heavy (non-hydrogen) atoms. The summed E-state index contributed by atoms with van der Waals surface area (Å²) in [5, 5.41) is 16.4. The number of aromatic nitrogens is 1. The van der Waals surface area contributed by atoms with Crippen molar-refractivity contribution >= 4 is 47.1 Å². The number of carbonyl (C=O) groups excluding carboxylic acids is 1. The first-order valence-corrected chi connectivity index (χ1v) is 9.59.